The van der Waals surface area contributed by atoms with E-state index in [1.54, 1.807) is 0 Å². The molecule has 0 aliphatic heterocycles. The maximum absolute atomic E-state index is 5.47. The summed E-state index contributed by atoms with van der Waals surface area (Å²) in [7, 11) is 0. The van der Waals surface area contributed by atoms with Crippen LogP contribution in [0.1, 0.15) is 11.8 Å². The van der Waals surface area contributed by atoms with Gasteiger partial charge in [0.05, 0.1) is 4.88 Å². The van der Waals surface area contributed by atoms with Gasteiger partial charge in [-0.2, -0.15) is 0 Å². The summed E-state index contributed by atoms with van der Waals surface area (Å²) >= 11 is 1.46. The van der Waals surface area contributed by atoms with Crippen molar-refractivity contribution in [2.24, 2.45) is 0 Å². The molecule has 0 aliphatic carbocycles. The number of hydrogen-bond acceptors (Lipinski definition) is 4. The van der Waals surface area contributed by atoms with Crippen LogP contribution in [0.2, 0.25) is 0 Å². The van der Waals surface area contributed by atoms with Gasteiger partial charge in [0, 0.05) is 0 Å². The van der Waals surface area contributed by atoms with E-state index >= 15 is 0 Å². The topological polar surface area (TPSA) is 64.9 Å². The maximum Gasteiger partial charge on any atom is 0.182 e. The Labute approximate surface area is 57.7 Å². The molecule has 50 valence electrons. The first-order valence-corrected chi connectivity index (χ1v) is 3.56. The van der Waals surface area contributed by atoms with Gasteiger partial charge in [0.2, 0.25) is 0 Å². The number of aryl methyl sites for hydroxylation is 1. The van der Waals surface area contributed by atoms with Gasteiger partial charge in [0.15, 0.2) is 5.13 Å². The summed E-state index contributed by atoms with van der Waals surface area (Å²) in [6.45, 7) is 2.03. The molecule has 0 fully saturated rings. The fourth-order valence-corrected chi connectivity index (χ4v) is 1.33. The van der Waals surface area contributed by atoms with Gasteiger partial charge in [-0.25, -0.2) is 4.98 Å². The highest BCUT2D eigenvalue weighted by molar-refractivity contribution is 7.15. The SMILES string of the molecule is CCc1sc(N)nc1N. The number of thiazole rings is 1. The Morgan fingerprint density at radius 2 is 2.22 bits per heavy atom. The van der Waals surface area contributed by atoms with Crippen LogP contribution in [0.4, 0.5) is 10.9 Å². The number of anilines is 2. The van der Waals surface area contributed by atoms with Gasteiger partial charge < -0.3 is 11.5 Å². The maximum atomic E-state index is 5.47. The average Bonchev–Trinajstić information content (AvgIpc) is 2.10. The van der Waals surface area contributed by atoms with Crippen molar-refractivity contribution in [3.05, 3.63) is 4.88 Å². The molecule has 4 N–H and O–H groups in total. The molecule has 1 aromatic heterocycles. The van der Waals surface area contributed by atoms with E-state index in [1.807, 2.05) is 6.92 Å². The second-order valence-corrected chi connectivity index (χ2v) is 2.83. The molecular weight excluding hydrogens is 134 g/mol. The van der Waals surface area contributed by atoms with Crippen LogP contribution >= 0.6 is 11.3 Å². The molecule has 0 radical (unpaired) electrons. The summed E-state index contributed by atoms with van der Waals surface area (Å²) in [5, 5.41) is 0.560. The van der Waals surface area contributed by atoms with Crippen molar-refractivity contribution >= 4 is 22.3 Å². The van der Waals surface area contributed by atoms with E-state index in [0.717, 1.165) is 11.3 Å². The number of nitrogens with two attached hydrogens (primary N) is 2. The molecule has 1 aromatic rings. The lowest BCUT2D eigenvalue weighted by molar-refractivity contribution is 1.17. The van der Waals surface area contributed by atoms with Gasteiger partial charge in [-0.15, -0.1) is 11.3 Å². The van der Waals surface area contributed by atoms with Gasteiger partial charge >= 0.3 is 0 Å². The second-order valence-electron chi connectivity index (χ2n) is 1.71. The van der Waals surface area contributed by atoms with E-state index in [9.17, 15) is 0 Å². The second kappa shape index (κ2) is 2.23. The minimum atomic E-state index is 0.560. The third-order valence-corrected chi connectivity index (χ3v) is 2.11. The third kappa shape index (κ3) is 1.13. The Kier molecular flexibility index (Phi) is 1.57. The van der Waals surface area contributed by atoms with Crippen LogP contribution < -0.4 is 11.5 Å². The first-order valence-electron chi connectivity index (χ1n) is 2.74. The highest BCUT2D eigenvalue weighted by atomic mass is 32.1. The standard InChI is InChI=1S/C5H9N3S/c1-2-3-4(6)8-5(7)9-3/h2,6H2,1H3,(H2,7,8). The van der Waals surface area contributed by atoms with Crippen LogP contribution in [0, 0.1) is 0 Å². The lowest BCUT2D eigenvalue weighted by atomic mass is 10.4. The van der Waals surface area contributed by atoms with Gasteiger partial charge in [-0.3, -0.25) is 0 Å². The predicted octanol–water partition coefficient (Wildman–Crippen LogP) is 0.870. The van der Waals surface area contributed by atoms with Crippen LogP contribution in [0.15, 0.2) is 0 Å². The van der Waals surface area contributed by atoms with Crippen molar-refractivity contribution in [1.29, 1.82) is 0 Å². The van der Waals surface area contributed by atoms with E-state index < -0.39 is 0 Å². The lowest BCUT2D eigenvalue weighted by Gasteiger charge is -1.85. The summed E-state index contributed by atoms with van der Waals surface area (Å²) in [5.41, 5.74) is 10.9. The molecule has 3 nitrogen and oxygen atoms in total. The fraction of sp³-hybridized carbons (Fsp3) is 0.400. The van der Waals surface area contributed by atoms with Crippen molar-refractivity contribution in [1.82, 2.24) is 4.98 Å². The quantitative estimate of drug-likeness (QED) is 0.613. The fourth-order valence-electron chi connectivity index (χ4n) is 0.636. The summed E-state index contributed by atoms with van der Waals surface area (Å²) < 4.78 is 0. The lowest BCUT2D eigenvalue weighted by Crippen LogP contribution is -1.89. The van der Waals surface area contributed by atoms with E-state index in [4.69, 9.17) is 11.5 Å². The van der Waals surface area contributed by atoms with Crippen LogP contribution in [0.25, 0.3) is 0 Å². The molecule has 0 spiro atoms. The molecule has 1 heterocycles. The minimum absolute atomic E-state index is 0.560. The largest absolute Gasteiger partial charge is 0.383 e. The van der Waals surface area contributed by atoms with Crippen LogP contribution in [-0.2, 0) is 6.42 Å². The number of nitrogen functional groups attached to an aromatic ring is 2. The normalized spacial score (nSPS) is 9.89. The molecule has 4 heteroatoms. The molecular formula is C5H9N3S. The van der Waals surface area contributed by atoms with Crippen LogP contribution in [-0.4, -0.2) is 4.98 Å². The summed E-state index contributed by atoms with van der Waals surface area (Å²) in [4.78, 5) is 4.93. The summed E-state index contributed by atoms with van der Waals surface area (Å²) in [6, 6.07) is 0. The van der Waals surface area contributed by atoms with Crippen LogP contribution in [0.5, 0.6) is 0 Å². The summed E-state index contributed by atoms with van der Waals surface area (Å²) in [6.07, 6.45) is 0.917. The Bertz CT molecular complexity index is 206. The molecule has 0 saturated carbocycles. The average molecular weight is 143 g/mol. The Morgan fingerprint density at radius 1 is 1.56 bits per heavy atom. The van der Waals surface area contributed by atoms with Crippen molar-refractivity contribution in [3.63, 3.8) is 0 Å². The molecule has 0 bridgehead atoms. The molecule has 0 amide bonds. The zero-order chi connectivity index (χ0) is 6.85. The highest BCUT2D eigenvalue weighted by Crippen LogP contribution is 2.21. The monoisotopic (exact) mass is 143 g/mol. The van der Waals surface area contributed by atoms with Crippen molar-refractivity contribution in [2.45, 2.75) is 13.3 Å². The highest BCUT2D eigenvalue weighted by Gasteiger charge is 2.01. The number of rotatable bonds is 1. The van der Waals surface area contributed by atoms with Crippen molar-refractivity contribution in [3.8, 4) is 0 Å². The Balaban J connectivity index is 3.01. The van der Waals surface area contributed by atoms with E-state index in [2.05, 4.69) is 4.98 Å². The summed E-state index contributed by atoms with van der Waals surface area (Å²) in [5.74, 6) is 0.583. The van der Waals surface area contributed by atoms with E-state index in [-0.39, 0.29) is 0 Å². The van der Waals surface area contributed by atoms with E-state index in [1.165, 1.54) is 11.3 Å². The molecule has 0 unspecified atom stereocenters. The zero-order valence-corrected chi connectivity index (χ0v) is 6.03. The minimum Gasteiger partial charge on any atom is -0.383 e. The molecule has 9 heavy (non-hydrogen) atoms. The van der Waals surface area contributed by atoms with E-state index in [0.29, 0.717) is 10.9 Å². The first kappa shape index (κ1) is 6.35. The number of hydrogen-bond donors (Lipinski definition) is 2. The molecule has 0 atom stereocenters. The van der Waals surface area contributed by atoms with Gasteiger partial charge in [-0.05, 0) is 6.42 Å². The number of nitrogens with zero attached hydrogens (tertiary/aromatic N) is 1. The van der Waals surface area contributed by atoms with Crippen molar-refractivity contribution < 1.29 is 0 Å². The van der Waals surface area contributed by atoms with Gasteiger partial charge in [0.25, 0.3) is 0 Å². The number of aromatic nitrogens is 1. The smallest absolute Gasteiger partial charge is 0.182 e. The van der Waals surface area contributed by atoms with Crippen molar-refractivity contribution in [2.75, 3.05) is 11.5 Å². The molecule has 0 aromatic carbocycles. The molecule has 1 rings (SSSR count). The van der Waals surface area contributed by atoms with Gasteiger partial charge in [0.1, 0.15) is 5.82 Å². The Hall–Kier alpha value is -0.770. The van der Waals surface area contributed by atoms with Crippen LogP contribution in [0.3, 0.4) is 0 Å². The molecule has 0 saturated heterocycles. The third-order valence-electron chi connectivity index (χ3n) is 1.07. The molecule has 0 aliphatic rings. The van der Waals surface area contributed by atoms with Gasteiger partial charge in [-0.1, -0.05) is 6.92 Å². The predicted molar refractivity (Wildman–Crippen MR) is 40.3 cm³/mol. The zero-order valence-electron chi connectivity index (χ0n) is 5.22. The first-order chi connectivity index (χ1) is 4.24. The Morgan fingerprint density at radius 3 is 2.44 bits per heavy atom.